The first kappa shape index (κ1) is 13.2. The molecule has 8 heteroatoms. The number of anilines is 1. The molecule has 0 aliphatic heterocycles. The third kappa shape index (κ3) is 2.97. The Morgan fingerprint density at radius 3 is 2.53 bits per heavy atom. The van der Waals surface area contributed by atoms with Crippen LogP contribution < -0.4 is 9.46 Å². The minimum absolute atomic E-state index is 0.0325. The molecule has 6 nitrogen and oxygen atoms in total. The molecule has 0 atom stereocenters. The number of nitrogens with zero attached hydrogens (tertiary/aromatic N) is 2. The SMILES string of the molecule is COc1ccc(S(=O)(=O)Nc2ncccn2)cc1F. The topological polar surface area (TPSA) is 81.2 Å². The van der Waals surface area contributed by atoms with Crippen LogP contribution in [0.1, 0.15) is 0 Å². The lowest BCUT2D eigenvalue weighted by Gasteiger charge is -2.07. The van der Waals surface area contributed by atoms with E-state index in [4.69, 9.17) is 4.74 Å². The van der Waals surface area contributed by atoms with Gasteiger partial charge < -0.3 is 4.74 Å². The Kier molecular flexibility index (Phi) is 3.61. The highest BCUT2D eigenvalue weighted by atomic mass is 32.2. The second-order valence-electron chi connectivity index (χ2n) is 3.47. The number of rotatable bonds is 4. The zero-order valence-electron chi connectivity index (χ0n) is 9.87. The predicted octanol–water partition coefficient (Wildman–Crippen LogP) is 1.43. The molecule has 1 aromatic carbocycles. The van der Waals surface area contributed by atoms with Gasteiger partial charge in [-0.25, -0.2) is 27.5 Å². The minimum atomic E-state index is -3.93. The molecule has 0 amide bonds. The summed E-state index contributed by atoms with van der Waals surface area (Å²) < 4.78 is 44.2. The number of hydrogen-bond acceptors (Lipinski definition) is 5. The van der Waals surface area contributed by atoms with Crippen LogP contribution in [-0.2, 0) is 10.0 Å². The van der Waals surface area contributed by atoms with E-state index in [9.17, 15) is 12.8 Å². The number of nitrogens with one attached hydrogen (secondary N) is 1. The first-order chi connectivity index (χ1) is 9.03. The second-order valence-corrected chi connectivity index (χ2v) is 5.16. The van der Waals surface area contributed by atoms with Crippen molar-refractivity contribution in [1.82, 2.24) is 9.97 Å². The first-order valence-corrected chi connectivity index (χ1v) is 6.64. The molecule has 0 fully saturated rings. The van der Waals surface area contributed by atoms with Crippen LogP contribution in [0, 0.1) is 5.82 Å². The van der Waals surface area contributed by atoms with E-state index >= 15 is 0 Å². The molecule has 0 saturated heterocycles. The summed E-state index contributed by atoms with van der Waals surface area (Å²) in [5.74, 6) is -0.881. The van der Waals surface area contributed by atoms with E-state index in [2.05, 4.69) is 14.7 Å². The maximum atomic E-state index is 13.5. The van der Waals surface area contributed by atoms with E-state index in [1.165, 1.54) is 31.6 Å². The molecule has 0 aliphatic rings. The van der Waals surface area contributed by atoms with Gasteiger partial charge >= 0.3 is 0 Å². The molecule has 100 valence electrons. The molecule has 0 spiro atoms. The summed E-state index contributed by atoms with van der Waals surface area (Å²) in [6, 6.07) is 4.87. The number of halogens is 1. The van der Waals surface area contributed by atoms with Gasteiger partial charge in [-0.15, -0.1) is 0 Å². The first-order valence-electron chi connectivity index (χ1n) is 5.16. The highest BCUT2D eigenvalue weighted by Crippen LogP contribution is 2.21. The fourth-order valence-corrected chi connectivity index (χ4v) is 2.31. The van der Waals surface area contributed by atoms with E-state index in [0.717, 1.165) is 6.07 Å². The summed E-state index contributed by atoms with van der Waals surface area (Å²) in [7, 11) is -2.64. The van der Waals surface area contributed by atoms with Crippen LogP contribution in [0.4, 0.5) is 10.3 Å². The summed E-state index contributed by atoms with van der Waals surface area (Å²) in [5.41, 5.74) is 0. The lowest BCUT2D eigenvalue weighted by molar-refractivity contribution is 0.385. The zero-order chi connectivity index (χ0) is 13.9. The summed E-state index contributed by atoms with van der Waals surface area (Å²) >= 11 is 0. The average Bonchev–Trinajstić information content (AvgIpc) is 2.39. The number of aromatic nitrogens is 2. The molecule has 1 heterocycles. The molecule has 2 aromatic rings. The van der Waals surface area contributed by atoms with E-state index in [-0.39, 0.29) is 16.6 Å². The van der Waals surface area contributed by atoms with Gasteiger partial charge in [0.2, 0.25) is 5.95 Å². The summed E-state index contributed by atoms with van der Waals surface area (Å²) in [5, 5.41) is 0. The van der Waals surface area contributed by atoms with Crippen LogP contribution in [0.3, 0.4) is 0 Å². The van der Waals surface area contributed by atoms with Gasteiger partial charge in [-0.1, -0.05) is 0 Å². The van der Waals surface area contributed by atoms with Crippen LogP contribution in [0.2, 0.25) is 0 Å². The summed E-state index contributed by atoms with van der Waals surface area (Å²) in [6.45, 7) is 0. The van der Waals surface area contributed by atoms with Crippen molar-refractivity contribution in [1.29, 1.82) is 0 Å². The molecule has 1 N–H and O–H groups in total. The van der Waals surface area contributed by atoms with Crippen LogP contribution in [0.15, 0.2) is 41.6 Å². The minimum Gasteiger partial charge on any atom is -0.494 e. The molecule has 1 aromatic heterocycles. The zero-order valence-corrected chi connectivity index (χ0v) is 10.7. The number of methoxy groups -OCH3 is 1. The van der Waals surface area contributed by atoms with Gasteiger partial charge in [0.05, 0.1) is 12.0 Å². The third-order valence-corrected chi connectivity index (χ3v) is 3.55. The normalized spacial score (nSPS) is 11.1. The van der Waals surface area contributed by atoms with Crippen molar-refractivity contribution in [3.8, 4) is 5.75 Å². The van der Waals surface area contributed by atoms with Crippen molar-refractivity contribution in [3.05, 3.63) is 42.5 Å². The Morgan fingerprint density at radius 2 is 1.95 bits per heavy atom. The number of sulfonamides is 1. The van der Waals surface area contributed by atoms with Crippen molar-refractivity contribution in [2.45, 2.75) is 4.90 Å². The Hall–Kier alpha value is -2.22. The van der Waals surface area contributed by atoms with Crippen molar-refractivity contribution in [2.75, 3.05) is 11.8 Å². The van der Waals surface area contributed by atoms with Gasteiger partial charge in [-0.2, -0.15) is 0 Å². The Balaban J connectivity index is 2.32. The second kappa shape index (κ2) is 5.19. The quantitative estimate of drug-likeness (QED) is 0.918. The number of hydrogen-bond donors (Lipinski definition) is 1. The van der Waals surface area contributed by atoms with E-state index in [0.29, 0.717) is 0 Å². The molecule has 0 aliphatic carbocycles. The molecule has 0 saturated carbocycles. The molecule has 0 radical (unpaired) electrons. The van der Waals surface area contributed by atoms with Gasteiger partial charge in [-0.05, 0) is 24.3 Å². The monoisotopic (exact) mass is 283 g/mol. The van der Waals surface area contributed by atoms with Gasteiger partial charge in [0.1, 0.15) is 0 Å². The van der Waals surface area contributed by atoms with Gasteiger partial charge in [0.25, 0.3) is 10.0 Å². The van der Waals surface area contributed by atoms with Gasteiger partial charge in [0.15, 0.2) is 11.6 Å². The lowest BCUT2D eigenvalue weighted by atomic mass is 10.3. The van der Waals surface area contributed by atoms with Crippen LogP contribution in [-0.4, -0.2) is 25.5 Å². The van der Waals surface area contributed by atoms with Gasteiger partial charge in [0, 0.05) is 12.4 Å². The predicted molar refractivity (Wildman–Crippen MR) is 65.8 cm³/mol. The number of ether oxygens (including phenoxy) is 1. The Labute approximate surface area is 109 Å². The molecule has 2 rings (SSSR count). The van der Waals surface area contributed by atoms with Crippen LogP contribution in [0.5, 0.6) is 5.75 Å². The maximum absolute atomic E-state index is 13.5. The van der Waals surface area contributed by atoms with Gasteiger partial charge in [-0.3, -0.25) is 0 Å². The van der Waals surface area contributed by atoms with Crippen molar-refractivity contribution < 1.29 is 17.5 Å². The maximum Gasteiger partial charge on any atom is 0.264 e. The fourth-order valence-electron chi connectivity index (χ4n) is 1.35. The largest absolute Gasteiger partial charge is 0.494 e. The van der Waals surface area contributed by atoms with Crippen LogP contribution in [0.25, 0.3) is 0 Å². The number of benzene rings is 1. The van der Waals surface area contributed by atoms with E-state index in [1.54, 1.807) is 6.07 Å². The van der Waals surface area contributed by atoms with E-state index < -0.39 is 15.8 Å². The smallest absolute Gasteiger partial charge is 0.264 e. The Morgan fingerprint density at radius 1 is 1.26 bits per heavy atom. The standard InChI is InChI=1S/C11H10FN3O3S/c1-18-10-4-3-8(7-9(10)12)19(16,17)15-11-13-5-2-6-14-11/h2-7H,1H3,(H,13,14,15). The summed E-state index contributed by atoms with van der Waals surface area (Å²) in [6.07, 6.45) is 2.78. The molecule has 0 bridgehead atoms. The lowest BCUT2D eigenvalue weighted by Crippen LogP contribution is -2.15. The third-order valence-electron chi connectivity index (χ3n) is 2.22. The van der Waals surface area contributed by atoms with Crippen molar-refractivity contribution >= 4 is 16.0 Å². The van der Waals surface area contributed by atoms with Crippen molar-refractivity contribution in [2.24, 2.45) is 0 Å². The fraction of sp³-hybridized carbons (Fsp3) is 0.0909. The highest BCUT2D eigenvalue weighted by Gasteiger charge is 2.17. The summed E-state index contributed by atoms with van der Waals surface area (Å²) in [4.78, 5) is 7.21. The molecule has 0 unspecified atom stereocenters. The van der Waals surface area contributed by atoms with Crippen LogP contribution >= 0.6 is 0 Å². The average molecular weight is 283 g/mol. The van der Waals surface area contributed by atoms with Crippen molar-refractivity contribution in [3.63, 3.8) is 0 Å². The Bertz CT molecular complexity index is 677. The molecule has 19 heavy (non-hydrogen) atoms. The highest BCUT2D eigenvalue weighted by molar-refractivity contribution is 7.92. The molecular formula is C11H10FN3O3S. The molecular weight excluding hydrogens is 273 g/mol. The van der Waals surface area contributed by atoms with E-state index in [1.807, 2.05) is 0 Å².